The SMILES string of the molecule is CS(=O)(=O)c1ccc(COc2cccc(C(=O)Nc3ccc(C#N)cc3)c2)cc1. The third-order valence-electron chi connectivity index (χ3n) is 4.13. The number of anilines is 1. The smallest absolute Gasteiger partial charge is 0.255 e. The highest BCUT2D eigenvalue weighted by atomic mass is 32.2. The molecule has 3 aromatic rings. The molecule has 0 atom stereocenters. The van der Waals surface area contributed by atoms with Crippen LogP contribution in [0.3, 0.4) is 0 Å². The predicted molar refractivity (Wildman–Crippen MR) is 109 cm³/mol. The highest BCUT2D eigenvalue weighted by Gasteiger charge is 2.09. The van der Waals surface area contributed by atoms with Crippen LogP contribution in [0.15, 0.2) is 77.7 Å². The van der Waals surface area contributed by atoms with Crippen LogP contribution in [0.4, 0.5) is 5.69 Å². The van der Waals surface area contributed by atoms with Crippen molar-refractivity contribution in [3.05, 3.63) is 89.5 Å². The molecular formula is C22H18N2O4S. The lowest BCUT2D eigenvalue weighted by atomic mass is 10.2. The zero-order valence-corrected chi connectivity index (χ0v) is 16.4. The molecule has 1 amide bonds. The summed E-state index contributed by atoms with van der Waals surface area (Å²) >= 11 is 0. The normalized spacial score (nSPS) is 10.8. The van der Waals surface area contributed by atoms with E-state index < -0.39 is 9.84 Å². The lowest BCUT2D eigenvalue weighted by Crippen LogP contribution is -2.12. The molecule has 0 aliphatic rings. The number of rotatable bonds is 6. The molecule has 0 heterocycles. The predicted octanol–water partition coefficient (Wildman–Crippen LogP) is 3.79. The average Bonchev–Trinajstić information content (AvgIpc) is 2.72. The van der Waals surface area contributed by atoms with Crippen molar-refractivity contribution in [1.29, 1.82) is 5.26 Å². The minimum Gasteiger partial charge on any atom is -0.489 e. The number of hydrogen-bond acceptors (Lipinski definition) is 5. The van der Waals surface area contributed by atoms with Crippen LogP contribution in [0.5, 0.6) is 5.75 Å². The quantitative estimate of drug-likeness (QED) is 0.672. The van der Waals surface area contributed by atoms with Crippen LogP contribution < -0.4 is 10.1 Å². The van der Waals surface area contributed by atoms with Crippen LogP contribution in [0, 0.1) is 11.3 Å². The summed E-state index contributed by atoms with van der Waals surface area (Å²) in [4.78, 5) is 12.7. The second-order valence-corrected chi connectivity index (χ2v) is 8.39. The lowest BCUT2D eigenvalue weighted by Gasteiger charge is -2.09. The summed E-state index contributed by atoms with van der Waals surface area (Å²) < 4.78 is 28.7. The topological polar surface area (TPSA) is 96.3 Å². The van der Waals surface area contributed by atoms with E-state index in [-0.39, 0.29) is 17.4 Å². The van der Waals surface area contributed by atoms with Crippen molar-refractivity contribution in [2.75, 3.05) is 11.6 Å². The van der Waals surface area contributed by atoms with E-state index in [1.807, 2.05) is 6.07 Å². The number of nitrogens with zero attached hydrogens (tertiary/aromatic N) is 1. The highest BCUT2D eigenvalue weighted by molar-refractivity contribution is 7.90. The first-order valence-electron chi connectivity index (χ1n) is 8.68. The summed E-state index contributed by atoms with van der Waals surface area (Å²) in [6.45, 7) is 0.241. The van der Waals surface area contributed by atoms with Gasteiger partial charge in [0.05, 0.1) is 16.5 Å². The van der Waals surface area contributed by atoms with Gasteiger partial charge in [-0.3, -0.25) is 4.79 Å². The Morgan fingerprint density at radius 2 is 1.72 bits per heavy atom. The molecule has 0 spiro atoms. The van der Waals surface area contributed by atoms with Gasteiger partial charge in [0.15, 0.2) is 9.84 Å². The molecule has 0 unspecified atom stereocenters. The molecule has 29 heavy (non-hydrogen) atoms. The molecule has 0 bridgehead atoms. The Labute approximate surface area is 169 Å². The van der Waals surface area contributed by atoms with E-state index >= 15 is 0 Å². The average molecular weight is 406 g/mol. The van der Waals surface area contributed by atoms with Crippen molar-refractivity contribution in [3.63, 3.8) is 0 Å². The Morgan fingerprint density at radius 1 is 1.03 bits per heavy atom. The molecule has 3 rings (SSSR count). The Hall–Kier alpha value is -3.63. The van der Waals surface area contributed by atoms with Crippen molar-refractivity contribution in [2.24, 2.45) is 0 Å². The molecule has 146 valence electrons. The molecule has 0 aromatic heterocycles. The molecule has 0 aliphatic carbocycles. The molecule has 3 aromatic carbocycles. The Kier molecular flexibility index (Phi) is 5.96. The van der Waals surface area contributed by atoms with Gasteiger partial charge in [-0.1, -0.05) is 18.2 Å². The number of hydrogen-bond donors (Lipinski definition) is 1. The fraction of sp³-hybridized carbons (Fsp3) is 0.0909. The third kappa shape index (κ3) is 5.43. The van der Waals surface area contributed by atoms with Gasteiger partial charge in [0.25, 0.3) is 5.91 Å². The van der Waals surface area contributed by atoms with Crippen LogP contribution in [0.25, 0.3) is 0 Å². The maximum atomic E-state index is 12.4. The van der Waals surface area contributed by atoms with Crippen LogP contribution in [-0.4, -0.2) is 20.6 Å². The molecule has 0 fully saturated rings. The van der Waals surface area contributed by atoms with Gasteiger partial charge in [-0.05, 0) is 60.2 Å². The molecule has 1 N–H and O–H groups in total. The monoisotopic (exact) mass is 406 g/mol. The fourth-order valence-corrected chi connectivity index (χ4v) is 3.19. The van der Waals surface area contributed by atoms with Gasteiger partial charge in [-0.25, -0.2) is 8.42 Å². The van der Waals surface area contributed by atoms with E-state index in [4.69, 9.17) is 10.00 Å². The minimum absolute atomic E-state index is 0.241. The molecule has 0 aliphatic heterocycles. The number of benzene rings is 3. The van der Waals surface area contributed by atoms with E-state index in [1.54, 1.807) is 60.7 Å². The molecule has 7 heteroatoms. The Balaban J connectivity index is 1.64. The standard InChI is InChI=1S/C22H18N2O4S/c1-29(26,27)21-11-7-17(8-12-21)15-28-20-4-2-3-18(13-20)22(25)24-19-9-5-16(14-23)6-10-19/h2-13H,15H2,1H3,(H,24,25). The largest absolute Gasteiger partial charge is 0.489 e. The molecule has 0 saturated carbocycles. The summed E-state index contributed by atoms with van der Waals surface area (Å²) in [5.41, 5.74) is 2.35. The summed E-state index contributed by atoms with van der Waals surface area (Å²) in [5.74, 6) is 0.224. The zero-order valence-electron chi connectivity index (χ0n) is 15.6. The first-order valence-corrected chi connectivity index (χ1v) is 10.6. The number of carbonyl (C=O) groups excluding carboxylic acids is 1. The van der Waals surface area contributed by atoms with E-state index in [0.717, 1.165) is 11.8 Å². The minimum atomic E-state index is -3.23. The molecule has 0 saturated heterocycles. The van der Waals surface area contributed by atoms with E-state index in [0.29, 0.717) is 22.6 Å². The fourth-order valence-electron chi connectivity index (χ4n) is 2.56. The maximum absolute atomic E-state index is 12.4. The van der Waals surface area contributed by atoms with Gasteiger partial charge < -0.3 is 10.1 Å². The van der Waals surface area contributed by atoms with E-state index in [9.17, 15) is 13.2 Å². The van der Waals surface area contributed by atoms with Crippen LogP contribution in [0.2, 0.25) is 0 Å². The number of amides is 1. The lowest BCUT2D eigenvalue weighted by molar-refractivity contribution is 0.102. The Bertz CT molecular complexity index is 1160. The second-order valence-electron chi connectivity index (χ2n) is 6.38. The summed E-state index contributed by atoms with van der Waals surface area (Å²) in [6, 6.07) is 21.8. The van der Waals surface area contributed by atoms with Crippen molar-refractivity contribution < 1.29 is 17.9 Å². The molecule has 0 radical (unpaired) electrons. The van der Waals surface area contributed by atoms with Crippen LogP contribution in [0.1, 0.15) is 21.5 Å². The van der Waals surface area contributed by atoms with Crippen molar-refractivity contribution >= 4 is 21.4 Å². The summed E-state index contributed by atoms with van der Waals surface area (Å²) in [7, 11) is -3.23. The van der Waals surface area contributed by atoms with Gasteiger partial charge in [0, 0.05) is 17.5 Å². The highest BCUT2D eigenvalue weighted by Crippen LogP contribution is 2.18. The summed E-state index contributed by atoms with van der Waals surface area (Å²) in [5, 5.41) is 11.6. The van der Waals surface area contributed by atoms with Crippen molar-refractivity contribution in [1.82, 2.24) is 0 Å². The van der Waals surface area contributed by atoms with E-state index in [1.165, 1.54) is 12.1 Å². The van der Waals surface area contributed by atoms with Crippen LogP contribution >= 0.6 is 0 Å². The summed E-state index contributed by atoms with van der Waals surface area (Å²) in [6.07, 6.45) is 1.16. The van der Waals surface area contributed by atoms with Gasteiger partial charge in [0.2, 0.25) is 0 Å². The van der Waals surface area contributed by atoms with Gasteiger partial charge in [-0.15, -0.1) is 0 Å². The molecule has 6 nitrogen and oxygen atoms in total. The number of nitrogens with one attached hydrogen (secondary N) is 1. The van der Waals surface area contributed by atoms with Gasteiger partial charge >= 0.3 is 0 Å². The van der Waals surface area contributed by atoms with Crippen molar-refractivity contribution in [3.8, 4) is 11.8 Å². The number of ether oxygens (including phenoxy) is 1. The maximum Gasteiger partial charge on any atom is 0.255 e. The number of sulfone groups is 1. The van der Waals surface area contributed by atoms with Crippen LogP contribution in [-0.2, 0) is 16.4 Å². The molecular weight excluding hydrogens is 388 g/mol. The van der Waals surface area contributed by atoms with Gasteiger partial charge in [0.1, 0.15) is 12.4 Å². The second kappa shape index (κ2) is 8.59. The number of carbonyl (C=O) groups is 1. The first-order chi connectivity index (χ1) is 13.8. The third-order valence-corrected chi connectivity index (χ3v) is 5.25. The van der Waals surface area contributed by atoms with E-state index in [2.05, 4.69) is 5.32 Å². The zero-order chi connectivity index (χ0) is 20.9. The number of nitriles is 1. The Morgan fingerprint density at radius 3 is 2.34 bits per heavy atom. The van der Waals surface area contributed by atoms with Crippen molar-refractivity contribution in [2.45, 2.75) is 11.5 Å². The first kappa shape index (κ1) is 20.1. The van der Waals surface area contributed by atoms with Gasteiger partial charge in [-0.2, -0.15) is 5.26 Å².